The molecule has 0 radical (unpaired) electrons. The van der Waals surface area contributed by atoms with Gasteiger partial charge in [-0.2, -0.15) is 0 Å². The summed E-state index contributed by atoms with van der Waals surface area (Å²) in [5.74, 6) is 0.734. The van der Waals surface area contributed by atoms with E-state index in [9.17, 15) is 0 Å². The van der Waals surface area contributed by atoms with Gasteiger partial charge in [-0.3, -0.25) is 0 Å². The molecule has 2 N–H and O–H groups in total. The van der Waals surface area contributed by atoms with Crippen molar-refractivity contribution >= 4 is 0 Å². The minimum atomic E-state index is 0.734. The number of hydrogen-bond acceptors (Lipinski definition) is 1. The van der Waals surface area contributed by atoms with Gasteiger partial charge in [-0.1, -0.05) is 19.1 Å². The molecule has 1 nitrogen and oxygen atoms in total. The number of allylic oxidation sites excluding steroid dienone is 3. The zero-order valence-corrected chi connectivity index (χ0v) is 5.80. The summed E-state index contributed by atoms with van der Waals surface area (Å²) in [7, 11) is 0. The lowest BCUT2D eigenvalue weighted by Crippen LogP contribution is -2.02. The van der Waals surface area contributed by atoms with Gasteiger partial charge in [-0.15, -0.1) is 0 Å². The molecule has 0 bridgehead atoms. The molecule has 0 spiro atoms. The third kappa shape index (κ3) is 1.60. The normalized spacial score (nSPS) is 25.9. The maximum absolute atomic E-state index is 5.53. The topological polar surface area (TPSA) is 26.0 Å². The first-order valence-electron chi connectivity index (χ1n) is 3.46. The van der Waals surface area contributed by atoms with Crippen LogP contribution in [0.15, 0.2) is 23.9 Å². The van der Waals surface area contributed by atoms with Gasteiger partial charge in [0, 0.05) is 5.70 Å². The standard InChI is InChI=1S/C8H13N/c1-2-7-3-5-8(9)6-4-7/h3,5-7H,2,4,9H2,1H3. The van der Waals surface area contributed by atoms with Crippen LogP contribution >= 0.6 is 0 Å². The van der Waals surface area contributed by atoms with Crippen LogP contribution in [0.4, 0.5) is 0 Å². The molecular formula is C8H13N. The van der Waals surface area contributed by atoms with Crippen molar-refractivity contribution in [3.63, 3.8) is 0 Å². The molecule has 1 aliphatic carbocycles. The Bertz CT molecular complexity index is 145. The van der Waals surface area contributed by atoms with Crippen molar-refractivity contribution in [3.05, 3.63) is 23.9 Å². The zero-order chi connectivity index (χ0) is 6.69. The Balaban J connectivity index is 2.48. The fourth-order valence-corrected chi connectivity index (χ4v) is 0.984. The molecule has 50 valence electrons. The van der Waals surface area contributed by atoms with E-state index >= 15 is 0 Å². The van der Waals surface area contributed by atoms with E-state index in [1.807, 2.05) is 6.08 Å². The van der Waals surface area contributed by atoms with Gasteiger partial charge in [0.2, 0.25) is 0 Å². The summed E-state index contributed by atoms with van der Waals surface area (Å²) in [5, 5.41) is 0. The predicted octanol–water partition coefficient (Wildman–Crippen LogP) is 1.82. The van der Waals surface area contributed by atoms with E-state index in [4.69, 9.17) is 5.73 Å². The minimum absolute atomic E-state index is 0.734. The van der Waals surface area contributed by atoms with Crippen molar-refractivity contribution in [2.45, 2.75) is 19.8 Å². The molecule has 0 aromatic heterocycles. The highest BCUT2D eigenvalue weighted by Crippen LogP contribution is 2.15. The van der Waals surface area contributed by atoms with E-state index in [1.165, 1.54) is 6.42 Å². The summed E-state index contributed by atoms with van der Waals surface area (Å²) < 4.78 is 0. The summed E-state index contributed by atoms with van der Waals surface area (Å²) in [6.45, 7) is 2.20. The van der Waals surface area contributed by atoms with Gasteiger partial charge in [0.05, 0.1) is 0 Å². The highest BCUT2D eigenvalue weighted by atomic mass is 14.6. The molecule has 9 heavy (non-hydrogen) atoms. The fourth-order valence-electron chi connectivity index (χ4n) is 0.984. The molecule has 0 aliphatic heterocycles. The highest BCUT2D eigenvalue weighted by molar-refractivity contribution is 5.19. The third-order valence-corrected chi connectivity index (χ3v) is 1.74. The van der Waals surface area contributed by atoms with E-state index in [1.54, 1.807) is 0 Å². The maximum atomic E-state index is 5.53. The van der Waals surface area contributed by atoms with Crippen LogP contribution in [0.25, 0.3) is 0 Å². The predicted molar refractivity (Wildman–Crippen MR) is 39.8 cm³/mol. The van der Waals surface area contributed by atoms with Crippen molar-refractivity contribution in [2.75, 3.05) is 0 Å². The van der Waals surface area contributed by atoms with E-state index in [-0.39, 0.29) is 0 Å². The minimum Gasteiger partial charge on any atom is -0.399 e. The molecule has 0 saturated heterocycles. The molecule has 1 unspecified atom stereocenters. The van der Waals surface area contributed by atoms with Gasteiger partial charge in [0.15, 0.2) is 0 Å². The molecule has 0 amide bonds. The van der Waals surface area contributed by atoms with Gasteiger partial charge in [0.1, 0.15) is 0 Å². The quantitative estimate of drug-likeness (QED) is 0.565. The molecule has 1 heteroatoms. The lowest BCUT2D eigenvalue weighted by Gasteiger charge is -2.10. The Labute approximate surface area is 56.2 Å². The summed E-state index contributed by atoms with van der Waals surface area (Å²) in [6, 6.07) is 0. The van der Waals surface area contributed by atoms with Gasteiger partial charge in [0.25, 0.3) is 0 Å². The lowest BCUT2D eigenvalue weighted by atomic mass is 9.97. The van der Waals surface area contributed by atoms with Crippen molar-refractivity contribution in [1.29, 1.82) is 0 Å². The van der Waals surface area contributed by atoms with E-state index in [0.717, 1.165) is 18.0 Å². The molecule has 0 aromatic carbocycles. The second kappa shape index (κ2) is 2.72. The molecule has 0 saturated carbocycles. The monoisotopic (exact) mass is 123 g/mol. The average molecular weight is 123 g/mol. The van der Waals surface area contributed by atoms with Crippen LogP contribution in [0.3, 0.4) is 0 Å². The van der Waals surface area contributed by atoms with Crippen molar-refractivity contribution in [1.82, 2.24) is 0 Å². The van der Waals surface area contributed by atoms with E-state index in [2.05, 4.69) is 19.1 Å². The molecule has 0 aromatic rings. The van der Waals surface area contributed by atoms with Crippen LogP contribution in [-0.4, -0.2) is 0 Å². The summed E-state index contributed by atoms with van der Waals surface area (Å²) in [5.41, 5.74) is 6.44. The molecule has 0 fully saturated rings. The Morgan fingerprint density at radius 3 is 3.00 bits per heavy atom. The Morgan fingerprint density at radius 1 is 1.78 bits per heavy atom. The van der Waals surface area contributed by atoms with Crippen LogP contribution in [0, 0.1) is 5.92 Å². The number of rotatable bonds is 1. The van der Waals surface area contributed by atoms with Crippen molar-refractivity contribution in [3.8, 4) is 0 Å². The van der Waals surface area contributed by atoms with Crippen LogP contribution in [-0.2, 0) is 0 Å². The van der Waals surface area contributed by atoms with Gasteiger partial charge >= 0.3 is 0 Å². The highest BCUT2D eigenvalue weighted by Gasteiger charge is 2.02. The van der Waals surface area contributed by atoms with Crippen LogP contribution in [0.2, 0.25) is 0 Å². The summed E-state index contributed by atoms with van der Waals surface area (Å²) >= 11 is 0. The van der Waals surface area contributed by atoms with Crippen molar-refractivity contribution in [2.24, 2.45) is 11.7 Å². The Hall–Kier alpha value is -0.720. The second-order valence-electron chi connectivity index (χ2n) is 2.47. The van der Waals surface area contributed by atoms with E-state index < -0.39 is 0 Å². The maximum Gasteiger partial charge on any atom is 0.0270 e. The second-order valence-corrected chi connectivity index (χ2v) is 2.47. The number of hydrogen-bond donors (Lipinski definition) is 1. The fraction of sp³-hybridized carbons (Fsp3) is 0.500. The average Bonchev–Trinajstić information content (AvgIpc) is 1.90. The largest absolute Gasteiger partial charge is 0.399 e. The molecule has 1 rings (SSSR count). The smallest absolute Gasteiger partial charge is 0.0270 e. The lowest BCUT2D eigenvalue weighted by molar-refractivity contribution is 0.629. The van der Waals surface area contributed by atoms with Crippen LogP contribution in [0.1, 0.15) is 19.8 Å². The van der Waals surface area contributed by atoms with Gasteiger partial charge in [-0.05, 0) is 24.8 Å². The van der Waals surface area contributed by atoms with Crippen LogP contribution in [0.5, 0.6) is 0 Å². The van der Waals surface area contributed by atoms with Gasteiger partial charge < -0.3 is 5.73 Å². The first kappa shape index (κ1) is 6.40. The van der Waals surface area contributed by atoms with Crippen LogP contribution < -0.4 is 5.73 Å². The third-order valence-electron chi connectivity index (χ3n) is 1.74. The summed E-state index contributed by atoms with van der Waals surface area (Å²) in [6.07, 6.45) is 8.63. The first-order valence-corrected chi connectivity index (χ1v) is 3.46. The first-order chi connectivity index (χ1) is 4.33. The summed E-state index contributed by atoms with van der Waals surface area (Å²) in [4.78, 5) is 0. The zero-order valence-electron chi connectivity index (χ0n) is 5.80. The molecule has 0 heterocycles. The van der Waals surface area contributed by atoms with E-state index in [0.29, 0.717) is 0 Å². The molecule has 1 aliphatic rings. The Kier molecular flexibility index (Phi) is 1.93. The molecular weight excluding hydrogens is 110 g/mol. The molecule has 1 atom stereocenters. The van der Waals surface area contributed by atoms with Gasteiger partial charge in [-0.25, -0.2) is 0 Å². The number of nitrogens with two attached hydrogens (primary N) is 1. The van der Waals surface area contributed by atoms with Crippen molar-refractivity contribution < 1.29 is 0 Å². The SMILES string of the molecule is CCC1C=CC(N)=CC1. The Morgan fingerprint density at radius 2 is 2.56 bits per heavy atom.